The zero-order chi connectivity index (χ0) is 20.2. The normalized spacial score (nSPS) is 11.2. The molecular formula is C24H21N3O3. The molecule has 0 aliphatic rings. The fourth-order valence-corrected chi connectivity index (χ4v) is 3.37. The molecule has 0 fully saturated rings. The topological polar surface area (TPSA) is 66.2 Å². The summed E-state index contributed by atoms with van der Waals surface area (Å²) in [6.07, 6.45) is 9.33. The van der Waals surface area contributed by atoms with Gasteiger partial charge in [-0.1, -0.05) is 30.3 Å². The van der Waals surface area contributed by atoms with E-state index >= 15 is 0 Å². The van der Waals surface area contributed by atoms with Gasteiger partial charge in [0.25, 0.3) is 5.89 Å². The Morgan fingerprint density at radius 3 is 2.77 bits per heavy atom. The van der Waals surface area contributed by atoms with Gasteiger partial charge >= 0.3 is 0 Å². The maximum atomic E-state index is 5.85. The molecule has 0 unspecified atom stereocenters. The Hall–Kier alpha value is -3.80. The van der Waals surface area contributed by atoms with Crippen LogP contribution in [0.15, 0.2) is 88.4 Å². The summed E-state index contributed by atoms with van der Waals surface area (Å²) in [6.45, 7) is 1.31. The van der Waals surface area contributed by atoms with E-state index < -0.39 is 0 Å². The molecule has 5 rings (SSSR count). The molecule has 3 aromatic heterocycles. The molecule has 6 heteroatoms. The van der Waals surface area contributed by atoms with Crippen LogP contribution in [0.1, 0.15) is 17.7 Å². The Morgan fingerprint density at radius 1 is 1.03 bits per heavy atom. The number of para-hydroxylation sites is 1. The minimum absolute atomic E-state index is 0.337. The standard InChI is InChI=1S/C24H21N3O3/c1-2-6-22-19(5-1)14-23(30-22)24-26-20(16-29-24)15-28-21-9-7-18(8-10-21)4-3-12-27-13-11-25-17-27/h1-2,5-11,13-14,16-17H,3-4,12,15H2. The van der Waals surface area contributed by atoms with Crippen LogP contribution in [0.5, 0.6) is 5.75 Å². The van der Waals surface area contributed by atoms with Gasteiger partial charge in [-0.15, -0.1) is 0 Å². The number of benzene rings is 2. The quantitative estimate of drug-likeness (QED) is 0.345. The summed E-state index contributed by atoms with van der Waals surface area (Å²) in [7, 11) is 0. The fourth-order valence-electron chi connectivity index (χ4n) is 3.37. The first-order valence-corrected chi connectivity index (χ1v) is 9.94. The van der Waals surface area contributed by atoms with Crippen molar-refractivity contribution >= 4 is 11.0 Å². The lowest BCUT2D eigenvalue weighted by Gasteiger charge is -2.06. The van der Waals surface area contributed by atoms with E-state index in [0.29, 0.717) is 18.3 Å². The number of rotatable bonds is 8. The minimum atomic E-state index is 0.337. The third-order valence-electron chi connectivity index (χ3n) is 4.94. The third kappa shape index (κ3) is 4.12. The Labute approximate surface area is 173 Å². The number of ether oxygens (including phenoxy) is 1. The molecule has 0 bridgehead atoms. The monoisotopic (exact) mass is 399 g/mol. The summed E-state index contributed by atoms with van der Waals surface area (Å²) in [5.41, 5.74) is 2.82. The number of imidazole rings is 1. The molecule has 0 N–H and O–H groups in total. The number of hydrogen-bond acceptors (Lipinski definition) is 5. The molecule has 0 amide bonds. The summed E-state index contributed by atoms with van der Waals surface area (Å²) in [6, 6.07) is 18.0. The van der Waals surface area contributed by atoms with E-state index in [1.165, 1.54) is 5.56 Å². The lowest BCUT2D eigenvalue weighted by Crippen LogP contribution is -1.98. The van der Waals surface area contributed by atoms with Crippen molar-refractivity contribution in [1.82, 2.24) is 14.5 Å². The molecule has 150 valence electrons. The van der Waals surface area contributed by atoms with Crippen molar-refractivity contribution in [3.8, 4) is 17.4 Å². The van der Waals surface area contributed by atoms with E-state index in [1.807, 2.05) is 55.0 Å². The maximum Gasteiger partial charge on any atom is 0.263 e. The molecule has 0 radical (unpaired) electrons. The largest absolute Gasteiger partial charge is 0.487 e. The van der Waals surface area contributed by atoms with Crippen molar-refractivity contribution in [3.05, 3.63) is 90.8 Å². The lowest BCUT2D eigenvalue weighted by molar-refractivity contribution is 0.301. The van der Waals surface area contributed by atoms with Gasteiger partial charge in [-0.25, -0.2) is 9.97 Å². The summed E-state index contributed by atoms with van der Waals surface area (Å²) in [5, 5.41) is 1.02. The second-order valence-corrected chi connectivity index (χ2v) is 7.13. The number of aryl methyl sites for hydroxylation is 2. The summed E-state index contributed by atoms with van der Waals surface area (Å²) >= 11 is 0. The third-order valence-corrected chi connectivity index (χ3v) is 4.94. The highest BCUT2D eigenvalue weighted by molar-refractivity contribution is 5.81. The molecule has 0 aliphatic carbocycles. The molecule has 0 aliphatic heterocycles. The predicted molar refractivity (Wildman–Crippen MR) is 113 cm³/mol. The van der Waals surface area contributed by atoms with Crippen molar-refractivity contribution < 1.29 is 13.6 Å². The molecule has 0 atom stereocenters. The average Bonchev–Trinajstić information content (AvgIpc) is 3.53. The van der Waals surface area contributed by atoms with Crippen LogP contribution in [0.3, 0.4) is 0 Å². The van der Waals surface area contributed by atoms with Gasteiger partial charge in [0.15, 0.2) is 5.76 Å². The van der Waals surface area contributed by atoms with Gasteiger partial charge in [-0.05, 0) is 42.7 Å². The Morgan fingerprint density at radius 2 is 1.93 bits per heavy atom. The van der Waals surface area contributed by atoms with Crippen molar-refractivity contribution in [2.24, 2.45) is 0 Å². The van der Waals surface area contributed by atoms with Gasteiger partial charge in [0.1, 0.15) is 29.9 Å². The van der Waals surface area contributed by atoms with Crippen molar-refractivity contribution in [3.63, 3.8) is 0 Å². The number of nitrogens with zero attached hydrogens (tertiary/aromatic N) is 3. The second-order valence-electron chi connectivity index (χ2n) is 7.13. The number of oxazole rings is 1. The molecule has 2 aromatic carbocycles. The number of aromatic nitrogens is 3. The molecule has 0 spiro atoms. The summed E-state index contributed by atoms with van der Waals surface area (Å²) in [5.74, 6) is 1.88. The van der Waals surface area contributed by atoms with Crippen LogP contribution in [0.4, 0.5) is 0 Å². The molecular weight excluding hydrogens is 378 g/mol. The van der Waals surface area contributed by atoms with E-state index in [2.05, 4.69) is 26.7 Å². The van der Waals surface area contributed by atoms with Crippen LogP contribution in [-0.2, 0) is 19.6 Å². The number of furan rings is 1. The zero-order valence-electron chi connectivity index (χ0n) is 16.4. The second kappa shape index (κ2) is 8.29. The van der Waals surface area contributed by atoms with Crippen molar-refractivity contribution in [2.75, 3.05) is 0 Å². The highest BCUT2D eigenvalue weighted by Crippen LogP contribution is 2.27. The van der Waals surface area contributed by atoms with Crippen LogP contribution in [0.2, 0.25) is 0 Å². The van der Waals surface area contributed by atoms with E-state index in [9.17, 15) is 0 Å². The van der Waals surface area contributed by atoms with Crippen LogP contribution < -0.4 is 4.74 Å². The van der Waals surface area contributed by atoms with Crippen LogP contribution in [-0.4, -0.2) is 14.5 Å². The SMILES string of the molecule is c1ccc2oc(-c3nc(COc4ccc(CCCn5ccnc5)cc4)co3)cc2c1. The minimum Gasteiger partial charge on any atom is -0.487 e. The van der Waals surface area contributed by atoms with Crippen LogP contribution in [0, 0.1) is 0 Å². The van der Waals surface area contributed by atoms with Gasteiger partial charge in [-0.3, -0.25) is 0 Å². The summed E-state index contributed by atoms with van der Waals surface area (Å²) < 4.78 is 19.3. The molecule has 30 heavy (non-hydrogen) atoms. The number of hydrogen-bond donors (Lipinski definition) is 0. The Balaban J connectivity index is 1.15. The van der Waals surface area contributed by atoms with Gasteiger partial charge in [0.2, 0.25) is 0 Å². The van der Waals surface area contributed by atoms with Gasteiger partial charge in [-0.2, -0.15) is 0 Å². The van der Waals surface area contributed by atoms with Crippen molar-refractivity contribution in [2.45, 2.75) is 26.0 Å². The van der Waals surface area contributed by atoms with E-state index in [0.717, 1.165) is 41.8 Å². The van der Waals surface area contributed by atoms with E-state index in [4.69, 9.17) is 13.6 Å². The van der Waals surface area contributed by atoms with Crippen LogP contribution >= 0.6 is 0 Å². The van der Waals surface area contributed by atoms with Gasteiger partial charge in [0, 0.05) is 24.3 Å². The molecule has 3 heterocycles. The molecule has 0 saturated heterocycles. The predicted octanol–water partition coefficient (Wildman–Crippen LogP) is 5.50. The maximum absolute atomic E-state index is 5.85. The molecule has 5 aromatic rings. The molecule has 0 saturated carbocycles. The van der Waals surface area contributed by atoms with Gasteiger partial charge < -0.3 is 18.1 Å². The Bertz CT molecular complexity index is 1190. The van der Waals surface area contributed by atoms with E-state index in [1.54, 1.807) is 12.5 Å². The van der Waals surface area contributed by atoms with Crippen molar-refractivity contribution in [1.29, 1.82) is 0 Å². The highest BCUT2D eigenvalue weighted by atomic mass is 16.5. The zero-order valence-corrected chi connectivity index (χ0v) is 16.4. The smallest absolute Gasteiger partial charge is 0.263 e. The average molecular weight is 399 g/mol. The molecule has 6 nitrogen and oxygen atoms in total. The Kier molecular flexibility index (Phi) is 5.04. The first-order valence-electron chi connectivity index (χ1n) is 9.94. The van der Waals surface area contributed by atoms with Crippen LogP contribution in [0.25, 0.3) is 22.6 Å². The first kappa shape index (κ1) is 18.2. The lowest BCUT2D eigenvalue weighted by atomic mass is 10.1. The summed E-state index contributed by atoms with van der Waals surface area (Å²) in [4.78, 5) is 8.54. The highest BCUT2D eigenvalue weighted by Gasteiger charge is 2.12. The van der Waals surface area contributed by atoms with Gasteiger partial charge in [0.05, 0.1) is 6.33 Å². The first-order chi connectivity index (χ1) is 14.8. The number of fused-ring (bicyclic) bond motifs is 1. The van der Waals surface area contributed by atoms with E-state index in [-0.39, 0.29) is 0 Å². The fraction of sp³-hybridized carbons (Fsp3) is 0.167.